The molecule has 0 bridgehead atoms. The number of aliphatic imine (C=N–C) groups is 1. The summed E-state index contributed by atoms with van der Waals surface area (Å²) in [4.78, 5) is 16.4. The molecule has 0 heterocycles. The third-order valence-electron chi connectivity index (χ3n) is 2.68. The molecule has 0 atom stereocenters. The van der Waals surface area contributed by atoms with Crippen molar-refractivity contribution in [3.8, 4) is 5.75 Å². The van der Waals surface area contributed by atoms with Gasteiger partial charge < -0.3 is 14.2 Å². The van der Waals surface area contributed by atoms with Gasteiger partial charge in [-0.3, -0.25) is 10.1 Å². The van der Waals surface area contributed by atoms with Crippen molar-refractivity contribution in [2.24, 2.45) is 10.9 Å². The zero-order valence-electron chi connectivity index (χ0n) is 13.6. The van der Waals surface area contributed by atoms with Gasteiger partial charge in [0.1, 0.15) is 5.75 Å². The van der Waals surface area contributed by atoms with Gasteiger partial charge in [0, 0.05) is 12.7 Å². The number of carbonyl (C=O) groups excluding carboxylic acids is 1. The first-order chi connectivity index (χ1) is 10.6. The Morgan fingerprint density at radius 1 is 1.23 bits per heavy atom. The number of rotatable bonds is 7. The summed E-state index contributed by atoms with van der Waals surface area (Å²) >= 11 is 0. The van der Waals surface area contributed by atoms with Crippen LogP contribution in [0.1, 0.15) is 24.2 Å². The Labute approximate surface area is 131 Å². The molecular weight excluding hydrogens is 284 g/mol. The summed E-state index contributed by atoms with van der Waals surface area (Å²) in [6.45, 7) is 5.42. The van der Waals surface area contributed by atoms with Crippen LogP contribution in [-0.4, -0.2) is 45.9 Å². The molecule has 1 aromatic rings. The van der Waals surface area contributed by atoms with Crippen LogP contribution in [0.2, 0.25) is 0 Å². The van der Waals surface area contributed by atoms with Gasteiger partial charge in [-0.05, 0) is 30.2 Å². The molecular formula is C16H24N2O4. The first-order valence-electron chi connectivity index (χ1n) is 7.18. The molecule has 0 radical (unpaired) electrons. The Bertz CT molecular complexity index is 483. The first kappa shape index (κ1) is 18.0. The molecule has 0 aliphatic heterocycles. The van der Waals surface area contributed by atoms with E-state index in [1.54, 1.807) is 38.5 Å². The molecule has 0 aliphatic rings. The minimum Gasteiger partial charge on any atom is -0.497 e. The highest BCUT2D eigenvalue weighted by Crippen LogP contribution is 2.11. The Kier molecular flexibility index (Phi) is 7.99. The van der Waals surface area contributed by atoms with Gasteiger partial charge in [0.2, 0.25) is 0 Å². The van der Waals surface area contributed by atoms with Crippen molar-refractivity contribution in [3.63, 3.8) is 0 Å². The van der Waals surface area contributed by atoms with Gasteiger partial charge in [-0.1, -0.05) is 13.8 Å². The first-order valence-corrected chi connectivity index (χ1v) is 7.18. The Morgan fingerprint density at radius 2 is 1.91 bits per heavy atom. The number of nitrogens with one attached hydrogen (secondary N) is 1. The molecule has 1 amide bonds. The molecule has 0 fully saturated rings. The normalized spacial score (nSPS) is 11.4. The lowest BCUT2D eigenvalue weighted by molar-refractivity contribution is 0.0962. The van der Waals surface area contributed by atoms with E-state index in [9.17, 15) is 4.79 Å². The second-order valence-electron chi connectivity index (χ2n) is 5.07. The van der Waals surface area contributed by atoms with Crippen molar-refractivity contribution in [1.82, 2.24) is 5.32 Å². The van der Waals surface area contributed by atoms with Crippen LogP contribution in [0.15, 0.2) is 29.3 Å². The number of carbonyl (C=O) groups is 1. The molecule has 6 heteroatoms. The van der Waals surface area contributed by atoms with Gasteiger partial charge >= 0.3 is 0 Å². The van der Waals surface area contributed by atoms with Crippen molar-refractivity contribution >= 4 is 11.9 Å². The fourth-order valence-corrected chi connectivity index (χ4v) is 1.52. The Hall–Kier alpha value is -2.08. The van der Waals surface area contributed by atoms with Crippen LogP contribution >= 0.6 is 0 Å². The van der Waals surface area contributed by atoms with Crippen molar-refractivity contribution in [1.29, 1.82) is 0 Å². The lowest BCUT2D eigenvalue weighted by Gasteiger charge is -2.12. The van der Waals surface area contributed by atoms with E-state index >= 15 is 0 Å². The van der Waals surface area contributed by atoms with Crippen LogP contribution in [0.25, 0.3) is 0 Å². The summed E-state index contributed by atoms with van der Waals surface area (Å²) in [6.07, 6.45) is 0. The summed E-state index contributed by atoms with van der Waals surface area (Å²) < 4.78 is 15.5. The van der Waals surface area contributed by atoms with Crippen LogP contribution in [0.4, 0.5) is 0 Å². The minimum absolute atomic E-state index is 0.214. The number of amidine groups is 1. The van der Waals surface area contributed by atoms with E-state index in [1.165, 1.54) is 0 Å². The van der Waals surface area contributed by atoms with Crippen LogP contribution in [0.3, 0.4) is 0 Å². The molecule has 0 aliphatic carbocycles. The lowest BCUT2D eigenvalue weighted by atomic mass is 10.2. The second-order valence-corrected chi connectivity index (χ2v) is 5.07. The molecule has 22 heavy (non-hydrogen) atoms. The summed E-state index contributed by atoms with van der Waals surface area (Å²) in [5, 5.41) is 2.68. The van der Waals surface area contributed by atoms with E-state index in [0.29, 0.717) is 37.0 Å². The maximum absolute atomic E-state index is 12.2. The van der Waals surface area contributed by atoms with Gasteiger partial charge in [0.15, 0.2) is 0 Å². The molecule has 0 saturated carbocycles. The zero-order valence-corrected chi connectivity index (χ0v) is 13.6. The number of methoxy groups -OCH3 is 2. The van der Waals surface area contributed by atoms with E-state index in [1.807, 2.05) is 13.8 Å². The molecule has 122 valence electrons. The van der Waals surface area contributed by atoms with Gasteiger partial charge in [-0.2, -0.15) is 0 Å². The molecule has 0 aromatic heterocycles. The molecule has 0 saturated heterocycles. The van der Waals surface area contributed by atoms with E-state index in [0.717, 1.165) is 0 Å². The SMILES string of the molecule is COCCN=C(NC(=O)c1ccc(OC)cc1)OCC(C)C. The molecule has 1 N–H and O–H groups in total. The van der Waals surface area contributed by atoms with E-state index in [2.05, 4.69) is 10.3 Å². The van der Waals surface area contributed by atoms with Crippen molar-refractivity contribution in [2.45, 2.75) is 13.8 Å². The van der Waals surface area contributed by atoms with Crippen LogP contribution in [0, 0.1) is 5.92 Å². The van der Waals surface area contributed by atoms with E-state index in [-0.39, 0.29) is 11.9 Å². The van der Waals surface area contributed by atoms with E-state index < -0.39 is 0 Å². The Balaban J connectivity index is 2.69. The van der Waals surface area contributed by atoms with Gasteiger partial charge in [-0.25, -0.2) is 4.99 Å². The number of nitrogens with zero attached hydrogens (tertiary/aromatic N) is 1. The highest BCUT2D eigenvalue weighted by atomic mass is 16.5. The van der Waals surface area contributed by atoms with Crippen LogP contribution in [0.5, 0.6) is 5.75 Å². The van der Waals surface area contributed by atoms with Crippen LogP contribution < -0.4 is 10.1 Å². The van der Waals surface area contributed by atoms with Crippen molar-refractivity contribution in [3.05, 3.63) is 29.8 Å². The fraction of sp³-hybridized carbons (Fsp3) is 0.500. The number of hydrogen-bond donors (Lipinski definition) is 1. The predicted octanol–water partition coefficient (Wildman–Crippen LogP) is 2.10. The highest BCUT2D eigenvalue weighted by Gasteiger charge is 2.10. The molecule has 0 unspecified atom stereocenters. The monoisotopic (exact) mass is 308 g/mol. The fourth-order valence-electron chi connectivity index (χ4n) is 1.52. The largest absolute Gasteiger partial charge is 0.497 e. The summed E-state index contributed by atoms with van der Waals surface area (Å²) in [6, 6.07) is 7.04. The van der Waals surface area contributed by atoms with Crippen LogP contribution in [-0.2, 0) is 9.47 Å². The number of hydrogen-bond acceptors (Lipinski definition) is 5. The topological polar surface area (TPSA) is 69.2 Å². The molecule has 1 aromatic carbocycles. The average molecular weight is 308 g/mol. The average Bonchev–Trinajstić information content (AvgIpc) is 2.52. The summed E-state index contributed by atoms with van der Waals surface area (Å²) in [5.41, 5.74) is 0.508. The summed E-state index contributed by atoms with van der Waals surface area (Å²) in [5.74, 6) is 0.759. The number of ether oxygens (including phenoxy) is 3. The third kappa shape index (κ3) is 6.58. The van der Waals surface area contributed by atoms with Crippen molar-refractivity contribution < 1.29 is 19.0 Å². The molecule has 0 spiro atoms. The smallest absolute Gasteiger partial charge is 0.291 e. The predicted molar refractivity (Wildman–Crippen MR) is 85.4 cm³/mol. The number of benzene rings is 1. The summed E-state index contributed by atoms with van der Waals surface area (Å²) in [7, 11) is 3.18. The second kappa shape index (κ2) is 9.78. The Morgan fingerprint density at radius 3 is 2.45 bits per heavy atom. The molecule has 6 nitrogen and oxygen atoms in total. The van der Waals surface area contributed by atoms with E-state index in [4.69, 9.17) is 14.2 Å². The van der Waals surface area contributed by atoms with Gasteiger partial charge in [-0.15, -0.1) is 0 Å². The standard InChI is InChI=1S/C16H24N2O4/c1-12(2)11-22-16(17-9-10-20-3)18-15(19)13-5-7-14(21-4)8-6-13/h5-8,12H,9-11H2,1-4H3,(H,17,18,19). The lowest BCUT2D eigenvalue weighted by Crippen LogP contribution is -2.33. The maximum atomic E-state index is 12.2. The van der Waals surface area contributed by atoms with Gasteiger partial charge in [0.05, 0.1) is 26.9 Å². The third-order valence-corrected chi connectivity index (χ3v) is 2.68. The minimum atomic E-state index is -0.275. The quantitative estimate of drug-likeness (QED) is 0.476. The zero-order chi connectivity index (χ0) is 16.4. The highest BCUT2D eigenvalue weighted by molar-refractivity contribution is 6.04. The number of amides is 1. The molecule has 1 rings (SSSR count). The maximum Gasteiger partial charge on any atom is 0.291 e. The van der Waals surface area contributed by atoms with Gasteiger partial charge in [0.25, 0.3) is 11.9 Å². The van der Waals surface area contributed by atoms with Crippen molar-refractivity contribution in [2.75, 3.05) is 34.0 Å².